The van der Waals surface area contributed by atoms with Gasteiger partial charge >= 0.3 is 6.18 Å². The Labute approximate surface area is 171 Å². The Bertz CT molecular complexity index is 1080. The predicted octanol–water partition coefficient (Wildman–Crippen LogP) is 4.74. The van der Waals surface area contributed by atoms with Crippen molar-refractivity contribution >= 4 is 0 Å². The van der Waals surface area contributed by atoms with Crippen LogP contribution in [0.3, 0.4) is 0 Å². The molecule has 2 bridgehead atoms. The molecule has 30 heavy (non-hydrogen) atoms. The second-order valence-electron chi connectivity index (χ2n) is 8.65. The highest BCUT2D eigenvalue weighted by molar-refractivity contribution is 5.61. The Morgan fingerprint density at radius 3 is 2.20 bits per heavy atom. The molecule has 6 nitrogen and oxygen atoms in total. The van der Waals surface area contributed by atoms with Gasteiger partial charge < -0.3 is 9.09 Å². The maximum absolute atomic E-state index is 13.5. The number of benzene rings is 1. The van der Waals surface area contributed by atoms with Crippen LogP contribution in [0.4, 0.5) is 13.2 Å². The van der Waals surface area contributed by atoms with Gasteiger partial charge in [0, 0.05) is 30.4 Å². The highest BCUT2D eigenvalue weighted by Crippen LogP contribution is 2.57. The summed E-state index contributed by atoms with van der Waals surface area (Å²) in [6.45, 7) is 1.79. The summed E-state index contributed by atoms with van der Waals surface area (Å²) in [6.07, 6.45) is 0.932. The van der Waals surface area contributed by atoms with Crippen LogP contribution in [0.15, 0.2) is 28.8 Å². The molecule has 0 N–H and O–H groups in total. The fourth-order valence-electron chi connectivity index (χ4n) is 5.32. The quantitative estimate of drug-likeness (QED) is 0.616. The molecular formula is C21H22F3N5O. The smallest absolute Gasteiger partial charge is 0.340 e. The zero-order valence-corrected chi connectivity index (χ0v) is 16.8. The van der Waals surface area contributed by atoms with Crippen molar-refractivity contribution in [1.82, 2.24) is 24.9 Å². The molecule has 0 amide bonds. The van der Waals surface area contributed by atoms with Gasteiger partial charge in [0.05, 0.1) is 5.56 Å². The lowest BCUT2D eigenvalue weighted by molar-refractivity contribution is -0.137. The molecule has 0 radical (unpaired) electrons. The lowest BCUT2D eigenvalue weighted by Gasteiger charge is -2.51. The zero-order valence-electron chi connectivity index (χ0n) is 16.8. The largest absolute Gasteiger partial charge is 0.417 e. The Morgan fingerprint density at radius 2 is 1.60 bits per heavy atom. The van der Waals surface area contributed by atoms with Crippen LogP contribution in [0, 0.1) is 6.92 Å². The minimum atomic E-state index is -4.45. The van der Waals surface area contributed by atoms with Gasteiger partial charge in [-0.25, -0.2) is 0 Å². The van der Waals surface area contributed by atoms with E-state index in [1.807, 2.05) is 0 Å². The van der Waals surface area contributed by atoms with Gasteiger partial charge in [-0.15, -0.1) is 10.2 Å². The zero-order chi connectivity index (χ0) is 21.1. The van der Waals surface area contributed by atoms with E-state index in [-0.39, 0.29) is 22.2 Å². The summed E-state index contributed by atoms with van der Waals surface area (Å²) in [5.41, 5.74) is -0.869. The minimum Gasteiger partial charge on any atom is -0.340 e. The molecular weight excluding hydrogens is 395 g/mol. The van der Waals surface area contributed by atoms with Gasteiger partial charge in [0.2, 0.25) is 5.89 Å². The van der Waals surface area contributed by atoms with Crippen molar-refractivity contribution in [3.8, 4) is 11.4 Å². The molecule has 9 heteroatoms. The van der Waals surface area contributed by atoms with Crippen molar-refractivity contribution in [2.75, 3.05) is 0 Å². The predicted molar refractivity (Wildman–Crippen MR) is 102 cm³/mol. The fourth-order valence-corrected chi connectivity index (χ4v) is 5.32. The average molecular weight is 417 g/mol. The van der Waals surface area contributed by atoms with Gasteiger partial charge in [-0.3, -0.25) is 0 Å². The average Bonchev–Trinajstić information content (AvgIpc) is 3.35. The Kier molecular flexibility index (Phi) is 4.10. The first-order valence-electron chi connectivity index (χ1n) is 10.1. The summed E-state index contributed by atoms with van der Waals surface area (Å²) in [4.78, 5) is 4.47. The van der Waals surface area contributed by atoms with E-state index < -0.39 is 11.7 Å². The van der Waals surface area contributed by atoms with Crippen molar-refractivity contribution in [2.45, 2.75) is 62.5 Å². The first-order chi connectivity index (χ1) is 14.2. The summed E-state index contributed by atoms with van der Waals surface area (Å²) in [6, 6.07) is 5.54. The SMILES string of the molecule is Cc1nc(C23CCC(c4nnc(-c5ccccc5C(F)(F)F)n4C)(CC2)CC3)no1. The molecule has 158 valence electrons. The number of hydrogen-bond donors (Lipinski definition) is 0. The Hall–Kier alpha value is -2.71. The number of rotatable bonds is 3. The topological polar surface area (TPSA) is 69.6 Å². The number of alkyl halides is 3. The first-order valence-corrected chi connectivity index (χ1v) is 10.1. The maximum Gasteiger partial charge on any atom is 0.417 e. The van der Waals surface area contributed by atoms with E-state index in [0.29, 0.717) is 5.89 Å². The van der Waals surface area contributed by atoms with Crippen LogP contribution in [0.25, 0.3) is 11.4 Å². The molecule has 3 aliphatic rings. The van der Waals surface area contributed by atoms with E-state index in [9.17, 15) is 13.2 Å². The molecule has 0 saturated heterocycles. The van der Waals surface area contributed by atoms with Crippen molar-refractivity contribution < 1.29 is 17.7 Å². The van der Waals surface area contributed by atoms with Gasteiger partial charge in [-0.2, -0.15) is 18.2 Å². The standard InChI is InChI=1S/C21H22F3N5O/c1-13-25-17(28-30-13)19-7-10-20(11-8-19,12-9-19)18-27-26-16(29(18)2)14-5-3-4-6-15(14)21(22,23)24/h3-6H,7-12H2,1-2H3. The molecule has 3 saturated carbocycles. The highest BCUT2D eigenvalue weighted by atomic mass is 19.4. The van der Waals surface area contributed by atoms with E-state index in [2.05, 4.69) is 20.3 Å². The number of aromatic nitrogens is 5. The van der Waals surface area contributed by atoms with E-state index in [1.165, 1.54) is 12.1 Å². The lowest BCUT2D eigenvalue weighted by atomic mass is 9.53. The molecule has 3 fully saturated rings. The van der Waals surface area contributed by atoms with Crippen LogP contribution < -0.4 is 0 Å². The maximum atomic E-state index is 13.5. The van der Waals surface area contributed by atoms with Crippen LogP contribution >= 0.6 is 0 Å². The van der Waals surface area contributed by atoms with Gasteiger partial charge in [0.1, 0.15) is 5.82 Å². The third-order valence-corrected chi connectivity index (χ3v) is 7.07. The summed E-state index contributed by atoms with van der Waals surface area (Å²) < 4.78 is 47.5. The van der Waals surface area contributed by atoms with E-state index >= 15 is 0 Å². The Morgan fingerprint density at radius 1 is 0.967 bits per heavy atom. The third-order valence-electron chi connectivity index (χ3n) is 7.07. The Balaban J connectivity index is 1.48. The molecule has 0 unspecified atom stereocenters. The number of nitrogens with zero attached hydrogens (tertiary/aromatic N) is 5. The molecule has 3 aliphatic carbocycles. The third kappa shape index (κ3) is 2.78. The molecule has 0 atom stereocenters. The van der Waals surface area contributed by atoms with Crippen molar-refractivity contribution in [3.63, 3.8) is 0 Å². The van der Waals surface area contributed by atoms with Crippen LogP contribution in [0.1, 0.15) is 61.6 Å². The summed E-state index contributed by atoms with van der Waals surface area (Å²) in [7, 11) is 1.77. The molecule has 0 aliphatic heterocycles. The number of aryl methyl sites for hydroxylation is 1. The van der Waals surface area contributed by atoms with E-state index in [0.717, 1.165) is 56.2 Å². The number of fused-ring (bicyclic) bond motifs is 3. The number of halogens is 3. The molecule has 3 aromatic rings. The summed E-state index contributed by atoms with van der Waals surface area (Å²) in [5.74, 6) is 2.38. The van der Waals surface area contributed by atoms with Gasteiger partial charge in [0.25, 0.3) is 0 Å². The second-order valence-corrected chi connectivity index (χ2v) is 8.65. The fraction of sp³-hybridized carbons (Fsp3) is 0.524. The highest BCUT2D eigenvalue weighted by Gasteiger charge is 2.54. The first kappa shape index (κ1) is 19.3. The van der Waals surface area contributed by atoms with Crippen molar-refractivity contribution in [1.29, 1.82) is 0 Å². The summed E-state index contributed by atoms with van der Waals surface area (Å²) in [5, 5.41) is 12.8. The van der Waals surface area contributed by atoms with Crippen molar-refractivity contribution in [2.24, 2.45) is 7.05 Å². The molecule has 6 rings (SSSR count). The van der Waals surface area contributed by atoms with Gasteiger partial charge in [0.15, 0.2) is 11.6 Å². The van der Waals surface area contributed by atoms with Gasteiger partial charge in [-0.05, 0) is 44.6 Å². The van der Waals surface area contributed by atoms with Crippen LogP contribution in [0.5, 0.6) is 0 Å². The van der Waals surface area contributed by atoms with Crippen LogP contribution in [-0.2, 0) is 24.1 Å². The normalized spacial score (nSPS) is 26.3. The monoisotopic (exact) mass is 417 g/mol. The second kappa shape index (κ2) is 6.39. The van der Waals surface area contributed by atoms with E-state index in [1.54, 1.807) is 24.6 Å². The molecule has 0 spiro atoms. The van der Waals surface area contributed by atoms with Crippen LogP contribution in [0.2, 0.25) is 0 Å². The summed E-state index contributed by atoms with van der Waals surface area (Å²) >= 11 is 0. The van der Waals surface area contributed by atoms with Gasteiger partial charge in [-0.1, -0.05) is 23.4 Å². The number of hydrogen-bond acceptors (Lipinski definition) is 5. The van der Waals surface area contributed by atoms with Crippen molar-refractivity contribution in [3.05, 3.63) is 47.4 Å². The molecule has 1 aromatic carbocycles. The molecule has 2 heterocycles. The lowest BCUT2D eigenvalue weighted by Crippen LogP contribution is -2.48. The minimum absolute atomic E-state index is 0.0610. The van der Waals surface area contributed by atoms with E-state index in [4.69, 9.17) is 4.52 Å². The van der Waals surface area contributed by atoms with Crippen LogP contribution in [-0.4, -0.2) is 24.9 Å². The molecule has 2 aromatic heterocycles.